The van der Waals surface area contributed by atoms with Crippen molar-refractivity contribution in [1.29, 1.82) is 0 Å². The Kier molecular flexibility index (Phi) is 6.44. The molecule has 1 heterocycles. The molecule has 2 N–H and O–H groups in total. The fraction of sp³-hybridized carbons (Fsp3) is 0.333. The van der Waals surface area contributed by atoms with Crippen LogP contribution >= 0.6 is 0 Å². The molecule has 1 aliphatic rings. The Morgan fingerprint density at radius 1 is 1.11 bits per heavy atom. The first-order chi connectivity index (χ1) is 13.1. The minimum absolute atomic E-state index is 0.0615. The molecule has 1 aliphatic heterocycles. The van der Waals surface area contributed by atoms with Gasteiger partial charge in [-0.3, -0.25) is 9.59 Å². The highest BCUT2D eigenvalue weighted by atomic mass is 16.5. The molecule has 2 aromatic rings. The standard InChI is InChI=1S/C21H23NO5/c23-20(24)9-4-15-2-1-3-17(14-15)22-21(25)16-5-7-18(8-6-16)27-19-10-12-26-13-11-19/h1-3,5-8,14,19H,4,9-13H2,(H,22,25)(H,23,24). The van der Waals surface area contributed by atoms with Gasteiger partial charge in [-0.05, 0) is 48.4 Å². The van der Waals surface area contributed by atoms with Crippen LogP contribution in [0.5, 0.6) is 5.75 Å². The van der Waals surface area contributed by atoms with E-state index in [1.54, 1.807) is 42.5 Å². The van der Waals surface area contributed by atoms with Crippen LogP contribution in [0.4, 0.5) is 5.69 Å². The predicted octanol–water partition coefficient (Wildman–Crippen LogP) is 3.51. The van der Waals surface area contributed by atoms with Crippen molar-refractivity contribution < 1.29 is 24.2 Å². The average molecular weight is 369 g/mol. The van der Waals surface area contributed by atoms with Gasteiger partial charge in [-0.15, -0.1) is 0 Å². The van der Waals surface area contributed by atoms with Crippen molar-refractivity contribution in [2.24, 2.45) is 0 Å². The zero-order valence-electron chi connectivity index (χ0n) is 15.0. The second-order valence-electron chi connectivity index (χ2n) is 6.50. The highest BCUT2D eigenvalue weighted by Crippen LogP contribution is 2.19. The highest BCUT2D eigenvalue weighted by Gasteiger charge is 2.15. The molecular formula is C21H23NO5. The first-order valence-corrected chi connectivity index (χ1v) is 9.07. The van der Waals surface area contributed by atoms with E-state index in [9.17, 15) is 9.59 Å². The summed E-state index contributed by atoms with van der Waals surface area (Å²) < 4.78 is 11.2. The van der Waals surface area contributed by atoms with Gasteiger partial charge < -0.3 is 19.9 Å². The molecule has 27 heavy (non-hydrogen) atoms. The molecule has 6 heteroatoms. The van der Waals surface area contributed by atoms with Gasteiger partial charge in [0.05, 0.1) is 13.2 Å². The Morgan fingerprint density at radius 3 is 2.56 bits per heavy atom. The molecule has 0 saturated carbocycles. The van der Waals surface area contributed by atoms with E-state index in [1.807, 2.05) is 6.07 Å². The van der Waals surface area contributed by atoms with E-state index in [4.69, 9.17) is 14.6 Å². The quantitative estimate of drug-likeness (QED) is 0.780. The smallest absolute Gasteiger partial charge is 0.303 e. The molecule has 0 unspecified atom stereocenters. The van der Waals surface area contributed by atoms with Gasteiger partial charge in [0, 0.05) is 30.5 Å². The average Bonchev–Trinajstić information content (AvgIpc) is 2.68. The number of nitrogens with one attached hydrogen (secondary N) is 1. The van der Waals surface area contributed by atoms with E-state index in [1.165, 1.54) is 0 Å². The Balaban J connectivity index is 1.57. The van der Waals surface area contributed by atoms with E-state index in [2.05, 4.69) is 5.32 Å². The summed E-state index contributed by atoms with van der Waals surface area (Å²) in [5.74, 6) is -0.315. The molecule has 6 nitrogen and oxygen atoms in total. The molecule has 0 aliphatic carbocycles. The van der Waals surface area contributed by atoms with Crippen molar-refractivity contribution in [2.75, 3.05) is 18.5 Å². The molecule has 1 fully saturated rings. The number of anilines is 1. The van der Waals surface area contributed by atoms with Gasteiger partial charge in [-0.1, -0.05) is 12.1 Å². The molecule has 3 rings (SSSR count). The van der Waals surface area contributed by atoms with Crippen LogP contribution in [-0.4, -0.2) is 36.3 Å². The number of ether oxygens (including phenoxy) is 2. The van der Waals surface area contributed by atoms with E-state index in [-0.39, 0.29) is 18.4 Å². The van der Waals surface area contributed by atoms with Crippen molar-refractivity contribution in [3.05, 3.63) is 59.7 Å². The lowest BCUT2D eigenvalue weighted by atomic mass is 10.1. The van der Waals surface area contributed by atoms with Gasteiger partial charge in [0.15, 0.2) is 0 Å². The summed E-state index contributed by atoms with van der Waals surface area (Å²) in [4.78, 5) is 23.1. The first kappa shape index (κ1) is 18.9. The van der Waals surface area contributed by atoms with Crippen LogP contribution in [-0.2, 0) is 16.0 Å². The van der Waals surface area contributed by atoms with Gasteiger partial charge in [0.2, 0.25) is 0 Å². The molecule has 142 valence electrons. The molecule has 0 aromatic heterocycles. The third kappa shape index (κ3) is 5.82. The molecule has 0 atom stereocenters. The number of carboxylic acids is 1. The van der Waals surface area contributed by atoms with Crippen molar-refractivity contribution >= 4 is 17.6 Å². The van der Waals surface area contributed by atoms with Crippen LogP contribution < -0.4 is 10.1 Å². The molecule has 0 bridgehead atoms. The summed E-state index contributed by atoms with van der Waals surface area (Å²) in [5, 5.41) is 11.6. The molecule has 1 saturated heterocycles. The lowest BCUT2D eigenvalue weighted by Crippen LogP contribution is -2.25. The number of carbonyl (C=O) groups excluding carboxylic acids is 1. The molecule has 0 spiro atoms. The van der Waals surface area contributed by atoms with Gasteiger partial charge in [-0.2, -0.15) is 0 Å². The Hall–Kier alpha value is -2.86. The molecule has 2 aromatic carbocycles. The van der Waals surface area contributed by atoms with Crippen molar-refractivity contribution in [3.63, 3.8) is 0 Å². The second kappa shape index (κ2) is 9.19. The largest absolute Gasteiger partial charge is 0.490 e. The van der Waals surface area contributed by atoms with Crippen molar-refractivity contribution in [3.8, 4) is 5.75 Å². The molecule has 0 radical (unpaired) electrons. The zero-order valence-corrected chi connectivity index (χ0v) is 15.0. The van der Waals surface area contributed by atoms with Gasteiger partial charge in [0.25, 0.3) is 5.91 Å². The van der Waals surface area contributed by atoms with Crippen LogP contribution in [0.15, 0.2) is 48.5 Å². The van der Waals surface area contributed by atoms with Gasteiger partial charge in [-0.25, -0.2) is 0 Å². The lowest BCUT2D eigenvalue weighted by Gasteiger charge is -2.23. The van der Waals surface area contributed by atoms with Crippen LogP contribution in [0.3, 0.4) is 0 Å². The Morgan fingerprint density at radius 2 is 1.85 bits per heavy atom. The monoisotopic (exact) mass is 369 g/mol. The Labute approximate surface area is 158 Å². The Bertz CT molecular complexity index is 781. The summed E-state index contributed by atoms with van der Waals surface area (Å²) in [6, 6.07) is 14.3. The SMILES string of the molecule is O=C(O)CCc1cccc(NC(=O)c2ccc(OC3CCOCC3)cc2)c1. The zero-order chi connectivity index (χ0) is 19.1. The normalized spacial score (nSPS) is 14.5. The number of carbonyl (C=O) groups is 2. The van der Waals surface area contributed by atoms with Crippen molar-refractivity contribution in [1.82, 2.24) is 0 Å². The maximum atomic E-state index is 12.4. The molecular weight excluding hydrogens is 346 g/mol. The van der Waals surface area contributed by atoms with Crippen LogP contribution in [0.2, 0.25) is 0 Å². The van der Waals surface area contributed by atoms with Gasteiger partial charge >= 0.3 is 5.97 Å². The third-order valence-electron chi connectivity index (χ3n) is 4.40. The fourth-order valence-corrected chi connectivity index (χ4v) is 2.93. The number of hydrogen-bond donors (Lipinski definition) is 2. The summed E-state index contributed by atoms with van der Waals surface area (Å²) in [6.07, 6.45) is 2.40. The van der Waals surface area contributed by atoms with Crippen LogP contribution in [0, 0.1) is 0 Å². The number of aliphatic carboxylic acids is 1. The number of hydrogen-bond acceptors (Lipinski definition) is 4. The van der Waals surface area contributed by atoms with E-state index in [0.717, 1.165) is 37.4 Å². The maximum Gasteiger partial charge on any atom is 0.303 e. The van der Waals surface area contributed by atoms with Crippen LogP contribution in [0.25, 0.3) is 0 Å². The third-order valence-corrected chi connectivity index (χ3v) is 4.40. The minimum Gasteiger partial charge on any atom is -0.490 e. The maximum absolute atomic E-state index is 12.4. The number of carboxylic acid groups (broad SMARTS) is 1. The van der Waals surface area contributed by atoms with E-state index >= 15 is 0 Å². The molecule has 1 amide bonds. The predicted molar refractivity (Wildman–Crippen MR) is 101 cm³/mol. The number of rotatable bonds is 7. The van der Waals surface area contributed by atoms with Crippen LogP contribution in [0.1, 0.15) is 35.2 Å². The highest BCUT2D eigenvalue weighted by molar-refractivity contribution is 6.04. The number of aryl methyl sites for hydroxylation is 1. The topological polar surface area (TPSA) is 84.9 Å². The second-order valence-corrected chi connectivity index (χ2v) is 6.50. The summed E-state index contributed by atoms with van der Waals surface area (Å²) in [7, 11) is 0. The minimum atomic E-state index is -0.840. The number of amides is 1. The lowest BCUT2D eigenvalue weighted by molar-refractivity contribution is -0.136. The first-order valence-electron chi connectivity index (χ1n) is 9.07. The van der Waals surface area contributed by atoms with Crippen molar-refractivity contribution in [2.45, 2.75) is 31.8 Å². The summed E-state index contributed by atoms with van der Waals surface area (Å²) >= 11 is 0. The van der Waals surface area contributed by atoms with E-state index in [0.29, 0.717) is 17.7 Å². The number of benzene rings is 2. The summed E-state index contributed by atoms with van der Waals surface area (Å²) in [5.41, 5.74) is 2.05. The van der Waals surface area contributed by atoms with E-state index < -0.39 is 5.97 Å². The van der Waals surface area contributed by atoms with Gasteiger partial charge in [0.1, 0.15) is 11.9 Å². The summed E-state index contributed by atoms with van der Waals surface area (Å²) in [6.45, 7) is 1.44. The fourth-order valence-electron chi connectivity index (χ4n) is 2.93.